The molecule has 2 fully saturated rings. The largest absolute Gasteiger partial charge is 2.00 e. The van der Waals surface area contributed by atoms with Crippen molar-refractivity contribution in [1.29, 1.82) is 0 Å². The molecule has 2 N–H and O–H groups in total. The predicted molar refractivity (Wildman–Crippen MR) is 133 cm³/mol. The molecule has 2 aliphatic heterocycles. The summed E-state index contributed by atoms with van der Waals surface area (Å²) in [5.41, 5.74) is 1.55. The molecular weight excluding hydrogens is 459 g/mol. The molecule has 2 aromatic rings. The molecule has 33 heavy (non-hydrogen) atoms. The summed E-state index contributed by atoms with van der Waals surface area (Å²) in [7, 11) is 0. The fourth-order valence-corrected chi connectivity index (χ4v) is 3.75. The molecule has 2 heterocycles. The molecule has 0 saturated carbocycles. The second-order valence-corrected chi connectivity index (χ2v) is 8.22. The zero-order chi connectivity index (χ0) is 22.4. The number of aliphatic imine (C=N–C) groups is 2. The average molecular weight is 493 g/mol. The minimum atomic E-state index is 0. The summed E-state index contributed by atoms with van der Waals surface area (Å²) in [5, 5.41) is 28.1. The van der Waals surface area contributed by atoms with Crippen LogP contribution in [0.3, 0.4) is 0 Å². The number of nitrogens with zero attached hydrogens (tertiary/aromatic N) is 4. The Morgan fingerprint density at radius 3 is 1.48 bits per heavy atom. The molecule has 0 aromatic heterocycles. The van der Waals surface area contributed by atoms with Crippen LogP contribution in [-0.2, 0) is 16.5 Å². The van der Waals surface area contributed by atoms with Crippen LogP contribution in [-0.4, -0.2) is 60.9 Å². The van der Waals surface area contributed by atoms with Gasteiger partial charge in [-0.25, -0.2) is 0 Å². The standard InChI is InChI=1S/2C13H17N2O.Ni/c2*16-13-7-2-1-5-11(13)9-14-10-12-6-3-4-8-15-12;/h2*1-2,5,7,9,12,16H,3-4,6,8,10H2;/q2*-1;+2. The van der Waals surface area contributed by atoms with Gasteiger partial charge in [-0.05, 0) is 24.3 Å². The molecule has 0 amide bonds. The van der Waals surface area contributed by atoms with E-state index >= 15 is 0 Å². The minimum Gasteiger partial charge on any atom is -0.658 e. The summed E-state index contributed by atoms with van der Waals surface area (Å²) in [5.74, 6) is 0.568. The number of para-hydroxylation sites is 2. The predicted octanol–water partition coefficient (Wildman–Crippen LogP) is 5.47. The Morgan fingerprint density at radius 1 is 0.697 bits per heavy atom. The summed E-state index contributed by atoms with van der Waals surface area (Å²) < 4.78 is 0. The summed E-state index contributed by atoms with van der Waals surface area (Å²) in [6.07, 6.45) is 10.7. The van der Waals surface area contributed by atoms with Crippen LogP contribution in [0.5, 0.6) is 11.5 Å². The van der Waals surface area contributed by atoms with Gasteiger partial charge in [0.1, 0.15) is 11.5 Å². The summed E-state index contributed by atoms with van der Waals surface area (Å²) in [6, 6.07) is 15.2. The third kappa shape index (κ3) is 10.1. The normalized spacial score (nSPS) is 20.7. The summed E-state index contributed by atoms with van der Waals surface area (Å²) in [4.78, 5) is 8.69. The van der Waals surface area contributed by atoms with Crippen LogP contribution in [0.15, 0.2) is 58.5 Å². The van der Waals surface area contributed by atoms with E-state index in [0.29, 0.717) is 12.1 Å². The van der Waals surface area contributed by atoms with Crippen LogP contribution >= 0.6 is 0 Å². The molecule has 6 nitrogen and oxygen atoms in total. The van der Waals surface area contributed by atoms with E-state index in [1.54, 1.807) is 24.6 Å². The molecule has 0 aliphatic carbocycles. The van der Waals surface area contributed by atoms with Gasteiger partial charge in [-0.3, -0.25) is 9.98 Å². The van der Waals surface area contributed by atoms with E-state index in [4.69, 9.17) is 0 Å². The van der Waals surface area contributed by atoms with E-state index in [9.17, 15) is 10.2 Å². The van der Waals surface area contributed by atoms with Gasteiger partial charge in [-0.2, -0.15) is 0 Å². The maximum atomic E-state index is 9.53. The molecule has 0 radical (unpaired) electrons. The van der Waals surface area contributed by atoms with Crippen molar-refractivity contribution in [2.24, 2.45) is 9.98 Å². The maximum Gasteiger partial charge on any atom is 2.00 e. The van der Waals surface area contributed by atoms with Crippen molar-refractivity contribution >= 4 is 12.4 Å². The molecule has 7 heteroatoms. The average Bonchev–Trinajstić information content (AvgIpc) is 2.83. The molecule has 0 spiro atoms. The first kappa shape index (κ1) is 27.0. The SMILES string of the molecule is Oc1ccccc1C=NCC1CCCC[N-]1.Oc1ccccc1C=NCC1CCCC[N-]1.[Ni+2]. The molecule has 2 saturated heterocycles. The van der Waals surface area contributed by atoms with Crippen molar-refractivity contribution in [3.8, 4) is 11.5 Å². The van der Waals surface area contributed by atoms with Gasteiger partial charge in [-0.1, -0.05) is 62.8 Å². The quantitative estimate of drug-likeness (QED) is 0.413. The van der Waals surface area contributed by atoms with E-state index in [0.717, 1.165) is 50.1 Å². The third-order valence-electron chi connectivity index (χ3n) is 5.63. The van der Waals surface area contributed by atoms with Crippen LogP contribution < -0.4 is 0 Å². The second-order valence-electron chi connectivity index (χ2n) is 8.22. The van der Waals surface area contributed by atoms with Gasteiger partial charge in [0.05, 0.1) is 0 Å². The van der Waals surface area contributed by atoms with E-state index in [-0.39, 0.29) is 28.0 Å². The Hall–Kier alpha value is -2.21. The van der Waals surface area contributed by atoms with E-state index in [1.807, 2.05) is 36.4 Å². The Balaban J connectivity index is 0.000000227. The summed E-state index contributed by atoms with van der Waals surface area (Å²) >= 11 is 0. The number of hydrogen-bond donors (Lipinski definition) is 2. The van der Waals surface area contributed by atoms with Crippen LogP contribution in [0.2, 0.25) is 0 Å². The van der Waals surface area contributed by atoms with Crippen molar-refractivity contribution in [2.45, 2.75) is 50.6 Å². The van der Waals surface area contributed by atoms with Gasteiger partial charge in [0, 0.05) is 36.6 Å². The van der Waals surface area contributed by atoms with Crippen molar-refractivity contribution in [3.05, 3.63) is 70.3 Å². The van der Waals surface area contributed by atoms with Gasteiger partial charge >= 0.3 is 16.5 Å². The van der Waals surface area contributed by atoms with E-state index < -0.39 is 0 Å². The van der Waals surface area contributed by atoms with Crippen LogP contribution in [0.1, 0.15) is 49.7 Å². The van der Waals surface area contributed by atoms with Gasteiger partial charge in [0.2, 0.25) is 0 Å². The van der Waals surface area contributed by atoms with Gasteiger partial charge in [0.25, 0.3) is 0 Å². The zero-order valence-electron chi connectivity index (χ0n) is 19.0. The number of phenols is 2. The molecule has 4 rings (SSSR count). The minimum absolute atomic E-state index is 0. The first-order chi connectivity index (χ1) is 15.7. The van der Waals surface area contributed by atoms with Crippen molar-refractivity contribution in [2.75, 3.05) is 26.2 Å². The first-order valence-corrected chi connectivity index (χ1v) is 11.6. The summed E-state index contributed by atoms with van der Waals surface area (Å²) in [6.45, 7) is 3.45. The molecular formula is C26H34N4NiO2. The fourth-order valence-electron chi connectivity index (χ4n) is 3.75. The second kappa shape index (κ2) is 15.6. The molecule has 2 atom stereocenters. The fraction of sp³-hybridized carbons (Fsp3) is 0.462. The van der Waals surface area contributed by atoms with Crippen LogP contribution in [0.4, 0.5) is 0 Å². The van der Waals surface area contributed by atoms with E-state index in [2.05, 4.69) is 20.6 Å². The van der Waals surface area contributed by atoms with E-state index in [1.165, 1.54) is 25.7 Å². The number of phenolic OH excluding ortho intramolecular Hbond substituents is 2. The number of piperidine rings is 2. The van der Waals surface area contributed by atoms with Gasteiger partial charge in [0.15, 0.2) is 0 Å². The molecule has 0 bridgehead atoms. The molecule has 2 aliphatic rings. The monoisotopic (exact) mass is 492 g/mol. The van der Waals surface area contributed by atoms with Crippen LogP contribution in [0.25, 0.3) is 10.6 Å². The van der Waals surface area contributed by atoms with Crippen molar-refractivity contribution in [3.63, 3.8) is 0 Å². The number of rotatable bonds is 6. The topological polar surface area (TPSA) is 93.4 Å². The first-order valence-electron chi connectivity index (χ1n) is 11.6. The van der Waals surface area contributed by atoms with Crippen LogP contribution in [0, 0.1) is 0 Å². The Labute approximate surface area is 207 Å². The number of aromatic hydroxyl groups is 2. The maximum absolute atomic E-state index is 9.53. The van der Waals surface area contributed by atoms with Crippen molar-refractivity contribution in [1.82, 2.24) is 0 Å². The Bertz CT molecular complexity index is 791. The Morgan fingerprint density at radius 2 is 1.12 bits per heavy atom. The zero-order valence-corrected chi connectivity index (χ0v) is 20.0. The number of hydrogen-bond acceptors (Lipinski definition) is 4. The van der Waals surface area contributed by atoms with Gasteiger partial charge < -0.3 is 20.8 Å². The van der Waals surface area contributed by atoms with Gasteiger partial charge in [-0.15, -0.1) is 25.2 Å². The third-order valence-corrected chi connectivity index (χ3v) is 5.63. The number of benzene rings is 2. The molecule has 2 aromatic carbocycles. The smallest absolute Gasteiger partial charge is 0.658 e. The van der Waals surface area contributed by atoms with Crippen molar-refractivity contribution < 1.29 is 26.7 Å². The molecule has 2 unspecified atom stereocenters. The molecule has 180 valence electrons. The Kier molecular flexibility index (Phi) is 12.8.